The van der Waals surface area contributed by atoms with Crippen molar-refractivity contribution in [2.24, 2.45) is 0 Å². The monoisotopic (exact) mass is 758 g/mol. The van der Waals surface area contributed by atoms with E-state index < -0.39 is 11.2 Å². The second kappa shape index (κ2) is 17.5. The maximum absolute atomic E-state index is 12.5. The van der Waals surface area contributed by atoms with Crippen LogP contribution >= 0.6 is 31.9 Å². The molecule has 252 valence electrons. The molecule has 0 spiro atoms. The molecule has 0 unspecified atom stereocenters. The van der Waals surface area contributed by atoms with Crippen LogP contribution < -0.4 is 4.74 Å². The minimum Gasteiger partial charge on any atom is -0.489 e. The van der Waals surface area contributed by atoms with Gasteiger partial charge in [0.15, 0.2) is 0 Å². The summed E-state index contributed by atoms with van der Waals surface area (Å²) in [6, 6.07) is 11.0. The third-order valence-electron chi connectivity index (χ3n) is 6.67. The van der Waals surface area contributed by atoms with E-state index in [0.717, 1.165) is 28.6 Å². The normalized spacial score (nSPS) is 16.1. The highest BCUT2D eigenvalue weighted by molar-refractivity contribution is 9.10. The van der Waals surface area contributed by atoms with Crippen LogP contribution in [0.4, 0.5) is 14.0 Å². The number of hydrogen-bond acceptors (Lipinski definition) is 6. The first-order valence-corrected chi connectivity index (χ1v) is 16.9. The lowest BCUT2D eigenvalue weighted by molar-refractivity contribution is 0.00958. The van der Waals surface area contributed by atoms with Gasteiger partial charge in [0, 0.05) is 39.0 Å². The summed E-state index contributed by atoms with van der Waals surface area (Å²) in [5, 5.41) is 9.26. The molecule has 11 heteroatoms. The van der Waals surface area contributed by atoms with Crippen molar-refractivity contribution in [3.63, 3.8) is 0 Å². The number of amides is 2. The number of aryl methyl sites for hydroxylation is 2. The van der Waals surface area contributed by atoms with Crippen molar-refractivity contribution in [2.45, 2.75) is 104 Å². The topological polar surface area (TPSA) is 88.5 Å². The standard InChI is InChI=1S/C17H24BrNO3.C10H19NO3.C7H6BrF/c1-12-5-6-15(14(18)11-12)21-13-7-9-19(10-8-13)16(20)22-17(2,3)4;1-10(2,3)14-9(13)11-6-4-8(12)5-7-11;1-5-2-3-7(9)6(8)4-5/h5-6,11,13H,7-10H2,1-4H3;8,12H,4-7H2,1-3H3;2-4H,1H3. The van der Waals surface area contributed by atoms with Gasteiger partial charge in [0.05, 0.1) is 15.0 Å². The first-order valence-electron chi connectivity index (χ1n) is 15.3. The Morgan fingerprint density at radius 1 is 0.756 bits per heavy atom. The number of benzene rings is 2. The van der Waals surface area contributed by atoms with Gasteiger partial charge in [-0.3, -0.25) is 0 Å². The molecule has 2 fully saturated rings. The van der Waals surface area contributed by atoms with Crippen LogP contribution in [0.5, 0.6) is 5.75 Å². The molecule has 2 amide bonds. The van der Waals surface area contributed by atoms with Gasteiger partial charge in [0.25, 0.3) is 0 Å². The molecule has 2 aromatic rings. The van der Waals surface area contributed by atoms with E-state index in [1.807, 2.05) is 73.6 Å². The summed E-state index contributed by atoms with van der Waals surface area (Å²) < 4.78 is 30.6. The van der Waals surface area contributed by atoms with E-state index in [9.17, 15) is 19.1 Å². The Bertz CT molecular complexity index is 1250. The van der Waals surface area contributed by atoms with Crippen molar-refractivity contribution >= 4 is 44.0 Å². The highest BCUT2D eigenvalue weighted by atomic mass is 79.9. The molecule has 1 N–H and O–H groups in total. The Labute approximate surface area is 284 Å². The summed E-state index contributed by atoms with van der Waals surface area (Å²) in [6.07, 6.45) is 2.32. The van der Waals surface area contributed by atoms with Crippen molar-refractivity contribution < 1.29 is 33.3 Å². The molecule has 0 bridgehead atoms. The minimum atomic E-state index is -0.447. The number of aliphatic hydroxyl groups is 1. The molecular weight excluding hydrogens is 711 g/mol. The first-order chi connectivity index (χ1) is 20.8. The Morgan fingerprint density at radius 2 is 1.18 bits per heavy atom. The van der Waals surface area contributed by atoms with Gasteiger partial charge in [-0.25, -0.2) is 14.0 Å². The van der Waals surface area contributed by atoms with E-state index in [2.05, 4.69) is 31.9 Å². The molecule has 0 radical (unpaired) electrons. The Hall–Kier alpha value is -2.37. The number of ether oxygens (including phenoxy) is 3. The molecule has 2 aliphatic heterocycles. The van der Waals surface area contributed by atoms with Crippen LogP contribution in [0.25, 0.3) is 0 Å². The molecule has 45 heavy (non-hydrogen) atoms. The van der Waals surface area contributed by atoms with Crippen molar-refractivity contribution in [1.82, 2.24) is 9.80 Å². The van der Waals surface area contributed by atoms with Crippen molar-refractivity contribution in [3.8, 4) is 5.75 Å². The average molecular weight is 761 g/mol. The molecule has 2 saturated heterocycles. The number of likely N-dealkylation sites (tertiary alicyclic amines) is 2. The quantitative estimate of drug-likeness (QED) is 0.330. The number of nitrogens with zero attached hydrogens (tertiary/aromatic N) is 2. The van der Waals surface area contributed by atoms with Crippen LogP contribution in [0, 0.1) is 19.7 Å². The van der Waals surface area contributed by atoms with E-state index in [1.165, 1.54) is 11.6 Å². The fourth-order valence-electron chi connectivity index (χ4n) is 4.34. The van der Waals surface area contributed by atoms with Crippen LogP contribution in [0.3, 0.4) is 0 Å². The van der Waals surface area contributed by atoms with Crippen LogP contribution in [0.2, 0.25) is 0 Å². The fourth-order valence-corrected chi connectivity index (χ4v) is 5.42. The summed E-state index contributed by atoms with van der Waals surface area (Å²) >= 11 is 6.60. The molecule has 4 rings (SSSR count). The van der Waals surface area contributed by atoms with Crippen LogP contribution in [0.15, 0.2) is 45.3 Å². The third kappa shape index (κ3) is 15.2. The lowest BCUT2D eigenvalue weighted by Crippen LogP contribution is -2.44. The second-order valence-electron chi connectivity index (χ2n) is 13.3. The summed E-state index contributed by atoms with van der Waals surface area (Å²) in [6.45, 7) is 17.7. The zero-order valence-corrected chi connectivity index (χ0v) is 31.0. The van der Waals surface area contributed by atoms with Gasteiger partial charge in [0.1, 0.15) is 28.9 Å². The summed E-state index contributed by atoms with van der Waals surface area (Å²) in [5.74, 6) is 0.655. The van der Waals surface area contributed by atoms with Crippen molar-refractivity contribution in [1.29, 1.82) is 0 Å². The third-order valence-corrected chi connectivity index (χ3v) is 7.89. The Kier molecular flexibility index (Phi) is 15.1. The number of rotatable bonds is 2. The smallest absolute Gasteiger partial charge is 0.410 e. The van der Waals surface area contributed by atoms with Gasteiger partial charge < -0.3 is 29.1 Å². The average Bonchev–Trinajstić information content (AvgIpc) is 2.92. The van der Waals surface area contributed by atoms with E-state index in [0.29, 0.717) is 43.5 Å². The van der Waals surface area contributed by atoms with Crippen molar-refractivity contribution in [2.75, 3.05) is 26.2 Å². The fraction of sp³-hybridized carbons (Fsp3) is 0.588. The van der Waals surface area contributed by atoms with Gasteiger partial charge in [-0.2, -0.15) is 0 Å². The molecule has 2 heterocycles. The SMILES string of the molecule is CC(C)(C)OC(=O)N1CCC(O)CC1.Cc1ccc(F)c(Br)c1.Cc1ccc(OC2CCN(C(=O)OC(C)(C)C)CC2)c(Br)c1. The molecule has 0 aliphatic carbocycles. The molecule has 0 saturated carbocycles. The number of piperidine rings is 2. The van der Waals surface area contributed by atoms with E-state index in [-0.39, 0.29) is 30.2 Å². The van der Waals surface area contributed by atoms with Crippen LogP contribution in [0.1, 0.15) is 78.4 Å². The number of hydrogen-bond donors (Lipinski definition) is 1. The molecule has 8 nitrogen and oxygen atoms in total. The summed E-state index contributed by atoms with van der Waals surface area (Å²) in [5.41, 5.74) is 1.37. The van der Waals surface area contributed by atoms with Gasteiger partial charge in [0.2, 0.25) is 0 Å². The van der Waals surface area contributed by atoms with E-state index in [1.54, 1.807) is 21.9 Å². The van der Waals surface area contributed by atoms with Gasteiger partial charge in [-0.15, -0.1) is 0 Å². The van der Waals surface area contributed by atoms with E-state index in [4.69, 9.17) is 14.2 Å². The van der Waals surface area contributed by atoms with Crippen LogP contribution in [-0.4, -0.2) is 76.7 Å². The number of halogens is 3. The lowest BCUT2D eigenvalue weighted by Gasteiger charge is -2.33. The van der Waals surface area contributed by atoms with Gasteiger partial charge in [-0.05, 0) is 135 Å². The Morgan fingerprint density at radius 3 is 1.58 bits per heavy atom. The molecule has 2 aromatic carbocycles. The lowest BCUT2D eigenvalue weighted by atomic mass is 10.1. The predicted octanol–water partition coefficient (Wildman–Crippen LogP) is 8.81. The zero-order valence-electron chi connectivity index (χ0n) is 27.8. The van der Waals surface area contributed by atoms with Gasteiger partial charge >= 0.3 is 12.2 Å². The van der Waals surface area contributed by atoms with E-state index >= 15 is 0 Å². The maximum Gasteiger partial charge on any atom is 0.410 e. The highest BCUT2D eigenvalue weighted by Crippen LogP contribution is 2.29. The second-order valence-corrected chi connectivity index (χ2v) is 15.0. The van der Waals surface area contributed by atoms with Crippen molar-refractivity contribution in [3.05, 3.63) is 62.3 Å². The summed E-state index contributed by atoms with van der Waals surface area (Å²) in [4.78, 5) is 27.0. The molecule has 0 aromatic heterocycles. The van der Waals surface area contributed by atoms with Gasteiger partial charge in [-0.1, -0.05) is 12.1 Å². The zero-order chi connectivity index (χ0) is 33.9. The minimum absolute atomic E-state index is 0.137. The number of carbonyl (C=O) groups excluding carboxylic acids is 2. The number of carbonyl (C=O) groups is 2. The Balaban J connectivity index is 0.000000261. The highest BCUT2D eigenvalue weighted by Gasteiger charge is 2.28. The predicted molar refractivity (Wildman–Crippen MR) is 182 cm³/mol. The molecule has 2 aliphatic rings. The summed E-state index contributed by atoms with van der Waals surface area (Å²) in [7, 11) is 0. The maximum atomic E-state index is 12.5. The largest absolute Gasteiger partial charge is 0.489 e. The molecular formula is C34H49Br2FN2O6. The van der Waals surface area contributed by atoms with Crippen LogP contribution in [-0.2, 0) is 9.47 Å². The number of aliphatic hydroxyl groups excluding tert-OH is 1. The first kappa shape index (κ1) is 38.8. The molecule has 0 atom stereocenters.